The maximum Gasteiger partial charge on any atom is 0.330 e. The van der Waals surface area contributed by atoms with Gasteiger partial charge in [-0.25, -0.2) is 4.79 Å². The lowest BCUT2D eigenvalue weighted by Crippen LogP contribution is -2.61. The summed E-state index contributed by atoms with van der Waals surface area (Å²) in [6.07, 6.45) is 1.05. The summed E-state index contributed by atoms with van der Waals surface area (Å²) in [7, 11) is 0. The van der Waals surface area contributed by atoms with Crippen LogP contribution >= 0.6 is 0 Å². The van der Waals surface area contributed by atoms with Gasteiger partial charge in [0.15, 0.2) is 0 Å². The summed E-state index contributed by atoms with van der Waals surface area (Å²) in [6.45, 7) is 6.13. The molecule has 1 saturated carbocycles. The van der Waals surface area contributed by atoms with Gasteiger partial charge in [0.2, 0.25) is 11.8 Å². The van der Waals surface area contributed by atoms with E-state index in [1.165, 1.54) is 0 Å². The van der Waals surface area contributed by atoms with Crippen molar-refractivity contribution in [2.24, 2.45) is 5.41 Å². The second kappa shape index (κ2) is 4.05. The topological polar surface area (TPSA) is 75.7 Å². The molecule has 0 radical (unpaired) electrons. The molecule has 2 fully saturated rings. The zero-order valence-corrected chi connectivity index (χ0v) is 10.9. The summed E-state index contributed by atoms with van der Waals surface area (Å²) in [5, 5.41) is 2.25. The molecule has 0 unspecified atom stereocenters. The van der Waals surface area contributed by atoms with Gasteiger partial charge >= 0.3 is 6.03 Å². The SMILES string of the molecule is CCOC(C)(C)CN1C(=O)NC(=O)C2(CC2)C1=O. The number of rotatable bonds is 4. The van der Waals surface area contributed by atoms with Gasteiger partial charge in [0.05, 0.1) is 12.1 Å². The average Bonchev–Trinajstić information content (AvgIpc) is 3.04. The van der Waals surface area contributed by atoms with Crippen LogP contribution in [0, 0.1) is 5.41 Å². The minimum Gasteiger partial charge on any atom is -0.374 e. The first-order valence-corrected chi connectivity index (χ1v) is 6.14. The molecule has 0 bridgehead atoms. The molecule has 0 aromatic rings. The Kier molecular flexibility index (Phi) is 2.93. The van der Waals surface area contributed by atoms with Gasteiger partial charge in [0.25, 0.3) is 0 Å². The fourth-order valence-electron chi connectivity index (χ4n) is 2.26. The second-order valence-electron chi connectivity index (χ2n) is 5.43. The largest absolute Gasteiger partial charge is 0.374 e. The first kappa shape index (κ1) is 13.0. The Morgan fingerprint density at radius 2 is 1.94 bits per heavy atom. The van der Waals surface area contributed by atoms with Crippen molar-refractivity contribution in [2.75, 3.05) is 13.2 Å². The summed E-state index contributed by atoms with van der Waals surface area (Å²) in [5.74, 6) is -0.841. The van der Waals surface area contributed by atoms with Crippen molar-refractivity contribution in [3.63, 3.8) is 0 Å². The van der Waals surface area contributed by atoms with Crippen LogP contribution in [0.5, 0.6) is 0 Å². The highest BCUT2D eigenvalue weighted by molar-refractivity contribution is 6.20. The van der Waals surface area contributed by atoms with Crippen molar-refractivity contribution in [3.8, 4) is 0 Å². The molecule has 1 heterocycles. The predicted octanol–water partition coefficient (Wildman–Crippen LogP) is 0.660. The van der Waals surface area contributed by atoms with Crippen LogP contribution in [0.1, 0.15) is 33.6 Å². The third-order valence-corrected chi connectivity index (χ3v) is 3.38. The molecule has 1 aliphatic carbocycles. The molecule has 100 valence electrons. The van der Waals surface area contributed by atoms with E-state index < -0.39 is 23.0 Å². The van der Waals surface area contributed by atoms with Gasteiger partial charge in [-0.2, -0.15) is 0 Å². The lowest BCUT2D eigenvalue weighted by Gasteiger charge is -2.35. The Morgan fingerprint density at radius 3 is 2.44 bits per heavy atom. The van der Waals surface area contributed by atoms with Crippen molar-refractivity contribution >= 4 is 17.8 Å². The minimum atomic E-state index is -0.976. The summed E-state index contributed by atoms with van der Waals surface area (Å²) in [4.78, 5) is 36.7. The van der Waals surface area contributed by atoms with E-state index in [2.05, 4.69) is 5.32 Å². The van der Waals surface area contributed by atoms with Crippen LogP contribution in [-0.4, -0.2) is 41.5 Å². The highest BCUT2D eigenvalue weighted by Crippen LogP contribution is 2.49. The molecule has 0 aromatic carbocycles. The highest BCUT2D eigenvalue weighted by Gasteiger charge is 2.62. The van der Waals surface area contributed by atoms with Crippen LogP contribution in [0.3, 0.4) is 0 Å². The van der Waals surface area contributed by atoms with E-state index in [1.807, 2.05) is 20.8 Å². The molecule has 2 aliphatic rings. The summed E-state index contributed by atoms with van der Waals surface area (Å²) >= 11 is 0. The van der Waals surface area contributed by atoms with Crippen LogP contribution in [0.25, 0.3) is 0 Å². The highest BCUT2D eigenvalue weighted by atomic mass is 16.5. The fraction of sp³-hybridized carbons (Fsp3) is 0.750. The van der Waals surface area contributed by atoms with Crippen molar-refractivity contribution in [1.82, 2.24) is 10.2 Å². The van der Waals surface area contributed by atoms with Crippen LogP contribution in [0.4, 0.5) is 4.79 Å². The number of carbonyl (C=O) groups excluding carboxylic acids is 3. The van der Waals surface area contributed by atoms with Crippen LogP contribution in [0.15, 0.2) is 0 Å². The second-order valence-corrected chi connectivity index (χ2v) is 5.43. The Hall–Kier alpha value is -1.43. The van der Waals surface area contributed by atoms with Crippen molar-refractivity contribution in [3.05, 3.63) is 0 Å². The van der Waals surface area contributed by atoms with Gasteiger partial charge in [0, 0.05) is 6.61 Å². The number of hydrogen-bond donors (Lipinski definition) is 1. The molecule has 1 N–H and O–H groups in total. The third kappa shape index (κ3) is 2.01. The van der Waals surface area contributed by atoms with Gasteiger partial charge < -0.3 is 4.74 Å². The van der Waals surface area contributed by atoms with Crippen molar-refractivity contribution in [1.29, 1.82) is 0 Å². The number of imide groups is 2. The number of barbiturate groups is 1. The van der Waals surface area contributed by atoms with E-state index in [9.17, 15) is 14.4 Å². The number of nitrogens with one attached hydrogen (secondary N) is 1. The molecule has 2 rings (SSSR count). The van der Waals surface area contributed by atoms with E-state index in [-0.39, 0.29) is 12.5 Å². The number of nitrogens with zero attached hydrogens (tertiary/aromatic N) is 1. The molecule has 0 aromatic heterocycles. The first-order chi connectivity index (χ1) is 8.32. The molecule has 0 atom stereocenters. The van der Waals surface area contributed by atoms with Gasteiger partial charge in [-0.1, -0.05) is 0 Å². The lowest BCUT2D eigenvalue weighted by molar-refractivity contribution is -0.147. The summed E-state index contributed by atoms with van der Waals surface area (Å²) in [6, 6.07) is -0.643. The molecule has 1 spiro atoms. The summed E-state index contributed by atoms with van der Waals surface area (Å²) in [5.41, 5.74) is -1.59. The van der Waals surface area contributed by atoms with Gasteiger partial charge in [-0.3, -0.25) is 19.8 Å². The molecular formula is C12H18N2O4. The molecule has 1 aliphatic heterocycles. The van der Waals surface area contributed by atoms with Crippen LogP contribution < -0.4 is 5.32 Å². The van der Waals surface area contributed by atoms with E-state index in [0.29, 0.717) is 19.4 Å². The Bertz CT molecular complexity index is 412. The number of amides is 4. The van der Waals surface area contributed by atoms with E-state index in [0.717, 1.165) is 4.90 Å². The number of urea groups is 1. The molecular weight excluding hydrogens is 236 g/mol. The monoisotopic (exact) mass is 254 g/mol. The van der Waals surface area contributed by atoms with E-state index in [4.69, 9.17) is 4.74 Å². The molecule has 18 heavy (non-hydrogen) atoms. The number of hydrogen-bond acceptors (Lipinski definition) is 4. The molecule has 6 nitrogen and oxygen atoms in total. The Labute approximate surface area is 106 Å². The van der Waals surface area contributed by atoms with Crippen LogP contribution in [0.2, 0.25) is 0 Å². The van der Waals surface area contributed by atoms with Gasteiger partial charge in [0.1, 0.15) is 5.41 Å². The van der Waals surface area contributed by atoms with Crippen LogP contribution in [-0.2, 0) is 14.3 Å². The van der Waals surface area contributed by atoms with Crippen molar-refractivity contribution in [2.45, 2.75) is 39.2 Å². The zero-order valence-electron chi connectivity index (χ0n) is 10.9. The van der Waals surface area contributed by atoms with Gasteiger partial charge in [-0.15, -0.1) is 0 Å². The Balaban J connectivity index is 2.15. The maximum absolute atomic E-state index is 12.2. The van der Waals surface area contributed by atoms with E-state index >= 15 is 0 Å². The predicted molar refractivity (Wildman–Crippen MR) is 62.6 cm³/mol. The molecule has 1 saturated heterocycles. The van der Waals surface area contributed by atoms with Crippen molar-refractivity contribution < 1.29 is 19.1 Å². The number of carbonyl (C=O) groups is 3. The van der Waals surface area contributed by atoms with Gasteiger partial charge in [-0.05, 0) is 33.6 Å². The maximum atomic E-state index is 12.2. The smallest absolute Gasteiger partial charge is 0.330 e. The third-order valence-electron chi connectivity index (χ3n) is 3.38. The minimum absolute atomic E-state index is 0.153. The zero-order chi connectivity index (χ0) is 13.6. The quantitative estimate of drug-likeness (QED) is 0.748. The number of ether oxygens (including phenoxy) is 1. The normalized spacial score (nSPS) is 22.4. The lowest BCUT2D eigenvalue weighted by atomic mass is 10.00. The fourth-order valence-corrected chi connectivity index (χ4v) is 2.26. The first-order valence-electron chi connectivity index (χ1n) is 6.14. The molecule has 4 amide bonds. The standard InChI is InChI=1S/C12H18N2O4/c1-4-18-11(2,3)7-14-9(16)12(5-6-12)8(15)13-10(14)17/h4-7H2,1-3H3,(H,13,15,17). The molecule has 6 heteroatoms. The Morgan fingerprint density at radius 1 is 1.33 bits per heavy atom. The van der Waals surface area contributed by atoms with E-state index in [1.54, 1.807) is 0 Å². The average molecular weight is 254 g/mol. The summed E-state index contributed by atoms with van der Waals surface area (Å²) < 4.78 is 5.49.